The van der Waals surface area contributed by atoms with Gasteiger partial charge in [0.2, 0.25) is 0 Å². The lowest BCUT2D eigenvalue weighted by molar-refractivity contribution is 0.147. The van der Waals surface area contributed by atoms with Gasteiger partial charge in [-0.2, -0.15) is 9.61 Å². The van der Waals surface area contributed by atoms with E-state index in [2.05, 4.69) is 30.6 Å². The van der Waals surface area contributed by atoms with E-state index >= 15 is 0 Å². The fourth-order valence-electron chi connectivity index (χ4n) is 4.78. The summed E-state index contributed by atoms with van der Waals surface area (Å²) in [5.41, 5.74) is 3.06. The molecule has 164 valence electrons. The number of anilines is 1. The van der Waals surface area contributed by atoms with E-state index in [-0.39, 0.29) is 5.56 Å². The Labute approximate surface area is 181 Å². The van der Waals surface area contributed by atoms with Gasteiger partial charge < -0.3 is 5.32 Å². The maximum atomic E-state index is 12.5. The first kappa shape index (κ1) is 20.1. The highest BCUT2D eigenvalue weighted by Gasteiger charge is 2.23. The third-order valence-corrected chi connectivity index (χ3v) is 6.56. The summed E-state index contributed by atoms with van der Waals surface area (Å²) >= 11 is 0. The van der Waals surface area contributed by atoms with E-state index in [1.54, 1.807) is 9.20 Å². The minimum Gasteiger partial charge on any atom is -0.367 e. The van der Waals surface area contributed by atoms with Crippen molar-refractivity contribution in [3.05, 3.63) is 45.6 Å². The molecule has 0 amide bonds. The van der Waals surface area contributed by atoms with Crippen LogP contribution >= 0.6 is 0 Å². The number of likely N-dealkylation sites (tertiary alicyclic amines) is 1. The first-order chi connectivity index (χ1) is 15.2. The van der Waals surface area contributed by atoms with Crippen LogP contribution in [0, 0.1) is 6.92 Å². The summed E-state index contributed by atoms with van der Waals surface area (Å²) < 4.78 is 3.43. The third-order valence-electron chi connectivity index (χ3n) is 6.56. The average Bonchev–Trinajstić information content (AvgIpc) is 3.17. The van der Waals surface area contributed by atoms with E-state index in [1.807, 2.05) is 25.1 Å². The van der Waals surface area contributed by atoms with Gasteiger partial charge in [-0.25, -0.2) is 4.68 Å². The summed E-state index contributed by atoms with van der Waals surface area (Å²) in [4.78, 5) is 15.0. The molecule has 0 radical (unpaired) electrons. The van der Waals surface area contributed by atoms with Crippen molar-refractivity contribution in [3.8, 4) is 0 Å². The molecule has 3 aromatic rings. The first-order valence-corrected chi connectivity index (χ1v) is 11.4. The summed E-state index contributed by atoms with van der Waals surface area (Å²) in [7, 11) is 0. The maximum absolute atomic E-state index is 12.5. The van der Waals surface area contributed by atoms with Crippen LogP contribution in [0.15, 0.2) is 23.0 Å². The minimum absolute atomic E-state index is 0.0362. The predicted octanol–water partition coefficient (Wildman–Crippen LogP) is 1.83. The summed E-state index contributed by atoms with van der Waals surface area (Å²) in [6, 6.07) is 6.11. The van der Waals surface area contributed by atoms with Gasteiger partial charge in [-0.1, -0.05) is 6.42 Å². The quantitative estimate of drug-likeness (QED) is 0.648. The van der Waals surface area contributed by atoms with Crippen LogP contribution in [0.4, 0.5) is 5.82 Å². The van der Waals surface area contributed by atoms with Crippen molar-refractivity contribution in [1.82, 2.24) is 34.5 Å². The Morgan fingerprint density at radius 3 is 2.90 bits per heavy atom. The Kier molecular flexibility index (Phi) is 5.67. The molecule has 2 aliphatic rings. The van der Waals surface area contributed by atoms with Crippen LogP contribution in [0.1, 0.15) is 49.2 Å². The second-order valence-corrected chi connectivity index (χ2v) is 8.69. The fraction of sp³-hybridized carbons (Fsp3) is 0.591. The molecule has 0 saturated carbocycles. The smallest absolute Gasteiger partial charge is 0.267 e. The number of nitrogens with zero attached hydrogens (tertiary/aromatic N) is 7. The van der Waals surface area contributed by atoms with Crippen molar-refractivity contribution in [2.75, 3.05) is 25.0 Å². The minimum atomic E-state index is 0.0362. The van der Waals surface area contributed by atoms with Gasteiger partial charge >= 0.3 is 0 Å². The lowest BCUT2D eigenvalue weighted by Gasteiger charge is -2.36. The lowest BCUT2D eigenvalue weighted by Crippen LogP contribution is -2.45. The maximum Gasteiger partial charge on any atom is 0.267 e. The molecule has 9 nitrogen and oxygen atoms in total. The Hall–Kier alpha value is -2.81. The number of aromatic nitrogens is 6. The molecular formula is C22H30N8O. The van der Waals surface area contributed by atoms with E-state index in [0.29, 0.717) is 12.6 Å². The molecule has 0 aromatic carbocycles. The SMILES string of the molecule is Cc1nnc2ccc(NCC3CCCCN3CCn3nc4c(cc3=O)CCCC4)nn12. The molecule has 1 fully saturated rings. The number of fused-ring (bicyclic) bond motifs is 2. The molecule has 31 heavy (non-hydrogen) atoms. The number of rotatable bonds is 6. The molecule has 4 heterocycles. The van der Waals surface area contributed by atoms with Gasteiger partial charge in [0, 0.05) is 25.2 Å². The van der Waals surface area contributed by atoms with Crippen molar-refractivity contribution in [3.63, 3.8) is 0 Å². The summed E-state index contributed by atoms with van der Waals surface area (Å²) in [5.74, 6) is 1.61. The molecule has 0 bridgehead atoms. The van der Waals surface area contributed by atoms with Crippen LogP contribution in [-0.2, 0) is 19.4 Å². The van der Waals surface area contributed by atoms with E-state index in [0.717, 1.165) is 67.4 Å². The monoisotopic (exact) mass is 422 g/mol. The van der Waals surface area contributed by atoms with Gasteiger partial charge in [0.1, 0.15) is 5.82 Å². The van der Waals surface area contributed by atoms with E-state index in [4.69, 9.17) is 0 Å². The van der Waals surface area contributed by atoms with Crippen molar-refractivity contribution in [1.29, 1.82) is 0 Å². The molecule has 1 aliphatic carbocycles. The molecule has 5 rings (SSSR count). The molecule has 0 spiro atoms. The standard InChI is InChI=1S/C22H30N8O/c1-16-24-25-21-10-9-20(27-30(16)21)23-15-18-7-4-5-11-28(18)12-13-29-22(31)14-17-6-2-3-8-19(17)26-29/h9-10,14,18H,2-8,11-13,15H2,1H3,(H,23,27). The molecule has 1 saturated heterocycles. The second-order valence-electron chi connectivity index (χ2n) is 8.69. The van der Waals surface area contributed by atoms with E-state index in [9.17, 15) is 4.79 Å². The molecule has 1 unspecified atom stereocenters. The zero-order valence-corrected chi connectivity index (χ0v) is 18.1. The number of nitrogens with one attached hydrogen (secondary N) is 1. The first-order valence-electron chi connectivity index (χ1n) is 11.4. The third kappa shape index (κ3) is 4.32. The van der Waals surface area contributed by atoms with Crippen LogP contribution < -0.4 is 10.9 Å². The molecule has 1 N–H and O–H groups in total. The van der Waals surface area contributed by atoms with Crippen LogP contribution in [0.5, 0.6) is 0 Å². The zero-order chi connectivity index (χ0) is 21.2. The average molecular weight is 423 g/mol. The van der Waals surface area contributed by atoms with E-state index < -0.39 is 0 Å². The molecular weight excluding hydrogens is 392 g/mol. The number of hydrogen-bond donors (Lipinski definition) is 1. The van der Waals surface area contributed by atoms with Crippen LogP contribution in [0.25, 0.3) is 5.65 Å². The van der Waals surface area contributed by atoms with E-state index in [1.165, 1.54) is 25.7 Å². The van der Waals surface area contributed by atoms with Crippen molar-refractivity contribution < 1.29 is 0 Å². The molecule has 1 atom stereocenters. The van der Waals surface area contributed by atoms with Gasteiger partial charge in [0.25, 0.3) is 5.56 Å². The van der Waals surface area contributed by atoms with Crippen LogP contribution in [0.2, 0.25) is 0 Å². The fourth-order valence-corrected chi connectivity index (χ4v) is 4.78. The van der Waals surface area contributed by atoms with Gasteiger partial charge in [-0.15, -0.1) is 15.3 Å². The summed E-state index contributed by atoms with van der Waals surface area (Å²) in [6.07, 6.45) is 7.91. The summed E-state index contributed by atoms with van der Waals surface area (Å²) in [5, 5.41) is 20.9. The highest BCUT2D eigenvalue weighted by Crippen LogP contribution is 2.19. The van der Waals surface area contributed by atoms with Gasteiger partial charge in [0.05, 0.1) is 12.2 Å². The normalized spacial score (nSPS) is 19.5. The zero-order valence-electron chi connectivity index (χ0n) is 18.1. The van der Waals surface area contributed by atoms with Gasteiger partial charge in [0.15, 0.2) is 11.5 Å². The van der Waals surface area contributed by atoms with Crippen molar-refractivity contribution in [2.45, 2.75) is 64.5 Å². The molecule has 3 aromatic heterocycles. The molecule has 1 aliphatic heterocycles. The molecule has 9 heteroatoms. The second kappa shape index (κ2) is 8.74. The number of piperidine rings is 1. The van der Waals surface area contributed by atoms with Crippen LogP contribution in [-0.4, -0.2) is 60.2 Å². The van der Waals surface area contributed by atoms with Gasteiger partial charge in [-0.05, 0) is 69.7 Å². The van der Waals surface area contributed by atoms with Gasteiger partial charge in [-0.3, -0.25) is 9.69 Å². The van der Waals surface area contributed by atoms with Crippen LogP contribution in [0.3, 0.4) is 0 Å². The Bertz CT molecular complexity index is 1120. The van der Waals surface area contributed by atoms with Crippen molar-refractivity contribution in [2.24, 2.45) is 0 Å². The largest absolute Gasteiger partial charge is 0.367 e. The van der Waals surface area contributed by atoms with Crippen molar-refractivity contribution >= 4 is 11.5 Å². The number of hydrogen-bond acceptors (Lipinski definition) is 7. The predicted molar refractivity (Wildman–Crippen MR) is 118 cm³/mol. The highest BCUT2D eigenvalue weighted by atomic mass is 16.1. The number of aryl methyl sites for hydroxylation is 3. The Morgan fingerprint density at radius 2 is 1.97 bits per heavy atom. The Balaban J connectivity index is 1.23. The lowest BCUT2D eigenvalue weighted by atomic mass is 9.97. The Morgan fingerprint density at radius 1 is 1.06 bits per heavy atom. The topological polar surface area (TPSA) is 93.2 Å². The summed E-state index contributed by atoms with van der Waals surface area (Å²) in [6.45, 7) is 5.27. The highest BCUT2D eigenvalue weighted by molar-refractivity contribution is 5.43.